The number of hydrogen-bond acceptors (Lipinski definition) is 5. The van der Waals surface area contributed by atoms with Crippen LogP contribution in [0.15, 0.2) is 4.99 Å². The summed E-state index contributed by atoms with van der Waals surface area (Å²) >= 11 is 0. The number of morpholine rings is 1. The highest BCUT2D eigenvalue weighted by Gasteiger charge is 2.26. The molecule has 1 aliphatic heterocycles. The van der Waals surface area contributed by atoms with E-state index in [1.165, 1.54) is 12.8 Å². The molecule has 0 aromatic carbocycles. The average molecular weight is 528 g/mol. The van der Waals surface area contributed by atoms with Crippen LogP contribution in [-0.4, -0.2) is 102 Å². The lowest BCUT2D eigenvalue weighted by molar-refractivity contribution is 0.00395. The van der Waals surface area contributed by atoms with E-state index in [0.29, 0.717) is 12.0 Å². The molecule has 0 aromatic rings. The van der Waals surface area contributed by atoms with Crippen LogP contribution < -0.4 is 10.6 Å². The van der Waals surface area contributed by atoms with Crippen molar-refractivity contribution in [3.05, 3.63) is 0 Å². The van der Waals surface area contributed by atoms with Gasteiger partial charge in [0, 0.05) is 59.0 Å². The Labute approximate surface area is 196 Å². The minimum Gasteiger partial charge on any atom is -0.385 e. The molecule has 2 N–H and O–H groups in total. The maximum Gasteiger partial charge on any atom is 0.191 e. The third-order valence-electron chi connectivity index (χ3n) is 5.56. The first-order chi connectivity index (χ1) is 13.7. The number of likely N-dealkylation sites (N-methyl/N-ethyl adjacent to an activating group) is 1. The highest BCUT2D eigenvalue weighted by atomic mass is 127. The van der Waals surface area contributed by atoms with E-state index in [-0.39, 0.29) is 24.0 Å². The second kappa shape index (κ2) is 18.6. The van der Waals surface area contributed by atoms with E-state index in [0.717, 1.165) is 78.0 Å². The van der Waals surface area contributed by atoms with Gasteiger partial charge >= 0.3 is 0 Å². The van der Waals surface area contributed by atoms with Gasteiger partial charge in [-0.05, 0) is 26.3 Å². The van der Waals surface area contributed by atoms with Gasteiger partial charge < -0.3 is 25.0 Å². The number of methoxy groups -OCH3 is 1. The molecule has 174 valence electrons. The van der Waals surface area contributed by atoms with Crippen molar-refractivity contribution in [1.82, 2.24) is 20.4 Å². The molecule has 1 unspecified atom stereocenters. The van der Waals surface area contributed by atoms with Crippen LogP contribution in [0.1, 0.15) is 40.0 Å². The van der Waals surface area contributed by atoms with Crippen LogP contribution >= 0.6 is 24.0 Å². The van der Waals surface area contributed by atoms with Gasteiger partial charge in [0.2, 0.25) is 0 Å². The van der Waals surface area contributed by atoms with Gasteiger partial charge in [-0.2, -0.15) is 0 Å². The predicted octanol–water partition coefficient (Wildman–Crippen LogP) is 2.26. The largest absolute Gasteiger partial charge is 0.385 e. The lowest BCUT2D eigenvalue weighted by Gasteiger charge is -2.38. The lowest BCUT2D eigenvalue weighted by atomic mass is 9.92. The molecule has 0 spiro atoms. The predicted molar refractivity (Wildman–Crippen MR) is 134 cm³/mol. The molecule has 0 amide bonds. The van der Waals surface area contributed by atoms with E-state index in [1.54, 1.807) is 7.11 Å². The van der Waals surface area contributed by atoms with Crippen LogP contribution in [0.5, 0.6) is 0 Å². The van der Waals surface area contributed by atoms with Crippen molar-refractivity contribution in [3.8, 4) is 0 Å². The Hall–Kier alpha value is -0.160. The zero-order valence-corrected chi connectivity index (χ0v) is 21.7. The first-order valence-corrected chi connectivity index (χ1v) is 11.2. The molecule has 1 atom stereocenters. The molecule has 7 nitrogen and oxygen atoms in total. The molecule has 1 heterocycles. The van der Waals surface area contributed by atoms with Gasteiger partial charge in [-0.25, -0.2) is 0 Å². The summed E-state index contributed by atoms with van der Waals surface area (Å²) in [4.78, 5) is 9.86. The summed E-state index contributed by atoms with van der Waals surface area (Å²) in [7, 11) is 3.91. The maximum absolute atomic E-state index is 5.56. The van der Waals surface area contributed by atoms with Crippen molar-refractivity contribution in [3.63, 3.8) is 0 Å². The van der Waals surface area contributed by atoms with E-state index in [2.05, 4.69) is 48.3 Å². The molecule has 0 radical (unpaired) electrons. The van der Waals surface area contributed by atoms with E-state index >= 15 is 0 Å². The zero-order chi connectivity index (χ0) is 20.6. The standard InChI is InChI=1S/C21H45N5O2.HI/c1-6-19(7-2)20(26-13-16-28-17-14-26)18-24-21(22-8-3)23-10-12-25(4)11-9-15-27-5;/h19-20H,6-18H2,1-5H3,(H2,22,23,24);1H. The SMILES string of the molecule is CCNC(=NCC(C(CC)CC)N1CCOCC1)NCCN(C)CCCOC.I. The van der Waals surface area contributed by atoms with Crippen molar-refractivity contribution >= 4 is 29.9 Å². The minimum atomic E-state index is 0. The highest BCUT2D eigenvalue weighted by Crippen LogP contribution is 2.20. The third-order valence-corrected chi connectivity index (χ3v) is 5.56. The Morgan fingerprint density at radius 2 is 1.83 bits per heavy atom. The topological polar surface area (TPSA) is 61.4 Å². The van der Waals surface area contributed by atoms with Gasteiger partial charge in [0.15, 0.2) is 5.96 Å². The summed E-state index contributed by atoms with van der Waals surface area (Å²) < 4.78 is 10.7. The number of ether oxygens (including phenoxy) is 2. The lowest BCUT2D eigenvalue weighted by Crippen LogP contribution is -2.49. The van der Waals surface area contributed by atoms with Gasteiger partial charge in [0.25, 0.3) is 0 Å². The molecule has 29 heavy (non-hydrogen) atoms. The Bertz CT molecular complexity index is 405. The molecule has 1 fully saturated rings. The molecular formula is C21H46IN5O2. The molecule has 1 aliphatic rings. The van der Waals surface area contributed by atoms with Crippen molar-refractivity contribution in [2.24, 2.45) is 10.9 Å². The minimum absolute atomic E-state index is 0. The van der Waals surface area contributed by atoms with Gasteiger partial charge in [-0.3, -0.25) is 9.89 Å². The molecule has 8 heteroatoms. The molecule has 1 saturated heterocycles. The summed E-state index contributed by atoms with van der Waals surface area (Å²) in [5, 5.41) is 6.90. The van der Waals surface area contributed by atoms with Crippen molar-refractivity contribution in [2.45, 2.75) is 46.1 Å². The molecule has 0 aromatic heterocycles. The summed E-state index contributed by atoms with van der Waals surface area (Å²) in [6, 6.07) is 0.492. The Kier molecular flexibility index (Phi) is 18.5. The molecule has 0 saturated carbocycles. The third kappa shape index (κ3) is 12.3. The number of halogens is 1. The van der Waals surface area contributed by atoms with E-state index < -0.39 is 0 Å². The Balaban J connectivity index is 0.00000784. The summed E-state index contributed by atoms with van der Waals surface area (Å²) in [5.74, 6) is 1.61. The fourth-order valence-electron chi connectivity index (χ4n) is 3.79. The maximum atomic E-state index is 5.56. The fraction of sp³-hybridized carbons (Fsp3) is 0.952. The number of aliphatic imine (C=N–C) groups is 1. The fourth-order valence-corrected chi connectivity index (χ4v) is 3.79. The second-order valence-corrected chi connectivity index (χ2v) is 7.59. The van der Waals surface area contributed by atoms with Crippen LogP contribution in [0.4, 0.5) is 0 Å². The zero-order valence-electron chi connectivity index (χ0n) is 19.4. The summed E-state index contributed by atoms with van der Waals surface area (Å²) in [6.07, 6.45) is 3.46. The highest BCUT2D eigenvalue weighted by molar-refractivity contribution is 14.0. The first kappa shape index (κ1) is 28.8. The molecular weight excluding hydrogens is 481 g/mol. The van der Waals surface area contributed by atoms with Gasteiger partial charge in [-0.1, -0.05) is 26.7 Å². The van der Waals surface area contributed by atoms with Crippen LogP contribution in [0.2, 0.25) is 0 Å². The molecule has 1 rings (SSSR count). The summed E-state index contributed by atoms with van der Waals surface area (Å²) in [6.45, 7) is 15.9. The molecule has 0 aliphatic carbocycles. The van der Waals surface area contributed by atoms with E-state index in [9.17, 15) is 0 Å². The smallest absolute Gasteiger partial charge is 0.191 e. The quantitative estimate of drug-likeness (QED) is 0.157. The second-order valence-electron chi connectivity index (χ2n) is 7.59. The van der Waals surface area contributed by atoms with Crippen LogP contribution in [0.3, 0.4) is 0 Å². The Morgan fingerprint density at radius 3 is 2.41 bits per heavy atom. The number of guanidine groups is 1. The van der Waals surface area contributed by atoms with Crippen molar-refractivity contribution in [1.29, 1.82) is 0 Å². The summed E-state index contributed by atoms with van der Waals surface area (Å²) in [5.41, 5.74) is 0. The average Bonchev–Trinajstić information content (AvgIpc) is 2.71. The monoisotopic (exact) mass is 527 g/mol. The van der Waals surface area contributed by atoms with Crippen molar-refractivity contribution < 1.29 is 9.47 Å². The molecule has 0 bridgehead atoms. The Morgan fingerprint density at radius 1 is 1.14 bits per heavy atom. The number of nitrogens with zero attached hydrogens (tertiary/aromatic N) is 3. The van der Waals surface area contributed by atoms with Crippen molar-refractivity contribution in [2.75, 3.05) is 79.8 Å². The first-order valence-electron chi connectivity index (χ1n) is 11.2. The van der Waals surface area contributed by atoms with Gasteiger partial charge in [0.1, 0.15) is 0 Å². The van der Waals surface area contributed by atoms with Gasteiger partial charge in [0.05, 0.1) is 19.8 Å². The van der Waals surface area contributed by atoms with Crippen LogP contribution in [0.25, 0.3) is 0 Å². The van der Waals surface area contributed by atoms with Gasteiger partial charge in [-0.15, -0.1) is 24.0 Å². The van der Waals surface area contributed by atoms with E-state index in [1.807, 2.05) is 0 Å². The van der Waals surface area contributed by atoms with E-state index in [4.69, 9.17) is 14.5 Å². The number of hydrogen-bond donors (Lipinski definition) is 2. The van der Waals surface area contributed by atoms with Crippen LogP contribution in [-0.2, 0) is 9.47 Å². The normalized spacial score (nSPS) is 16.7. The van der Waals surface area contributed by atoms with Crippen LogP contribution in [0, 0.1) is 5.92 Å². The number of rotatable bonds is 14. The number of nitrogens with one attached hydrogen (secondary N) is 2.